The van der Waals surface area contributed by atoms with E-state index >= 15 is 0 Å². The molecule has 0 unspecified atom stereocenters. The Kier molecular flexibility index (Phi) is 5.33. The van der Waals surface area contributed by atoms with E-state index in [2.05, 4.69) is 43.3 Å². The maximum Gasteiger partial charge on any atom is 0.255 e. The highest BCUT2D eigenvalue weighted by Crippen LogP contribution is 2.25. The standard InChI is InChI=1S/C15H25N3O/c1-6-16-13-12(8-7-9-17-13)14(19)18-10-15(4,5)11(2)3/h7-9,11H,6,10H2,1-5H3,(H,16,17)(H,18,19). The number of carbonyl (C=O) groups is 1. The van der Waals surface area contributed by atoms with Crippen LogP contribution < -0.4 is 10.6 Å². The number of nitrogens with zero attached hydrogens (tertiary/aromatic N) is 1. The first-order chi connectivity index (χ1) is 8.88. The van der Waals surface area contributed by atoms with Crippen LogP contribution in [0.15, 0.2) is 18.3 Å². The summed E-state index contributed by atoms with van der Waals surface area (Å²) in [5, 5.41) is 6.11. The Labute approximate surface area is 116 Å². The lowest BCUT2D eigenvalue weighted by atomic mass is 9.81. The third kappa shape index (κ3) is 4.23. The van der Waals surface area contributed by atoms with E-state index in [0.717, 1.165) is 6.54 Å². The molecule has 0 saturated carbocycles. The van der Waals surface area contributed by atoms with Crippen LogP contribution in [-0.4, -0.2) is 24.0 Å². The molecule has 0 fully saturated rings. The van der Waals surface area contributed by atoms with Gasteiger partial charge in [0.15, 0.2) is 0 Å². The Hall–Kier alpha value is -1.58. The van der Waals surface area contributed by atoms with Crippen molar-refractivity contribution in [3.05, 3.63) is 23.9 Å². The highest BCUT2D eigenvalue weighted by molar-refractivity contribution is 5.98. The lowest BCUT2D eigenvalue weighted by Gasteiger charge is -2.29. The molecule has 4 heteroatoms. The van der Waals surface area contributed by atoms with Gasteiger partial charge in [0.25, 0.3) is 5.91 Å². The quantitative estimate of drug-likeness (QED) is 0.829. The van der Waals surface area contributed by atoms with Crippen molar-refractivity contribution < 1.29 is 4.79 Å². The van der Waals surface area contributed by atoms with E-state index in [1.165, 1.54) is 0 Å². The van der Waals surface area contributed by atoms with Crippen molar-refractivity contribution in [1.82, 2.24) is 10.3 Å². The van der Waals surface area contributed by atoms with Crippen LogP contribution in [0.1, 0.15) is 45.0 Å². The summed E-state index contributed by atoms with van der Waals surface area (Å²) >= 11 is 0. The molecule has 1 aromatic rings. The number of pyridine rings is 1. The molecule has 0 bridgehead atoms. The van der Waals surface area contributed by atoms with Crippen molar-refractivity contribution in [2.45, 2.75) is 34.6 Å². The first kappa shape index (κ1) is 15.5. The average molecular weight is 263 g/mol. The van der Waals surface area contributed by atoms with Crippen molar-refractivity contribution >= 4 is 11.7 Å². The van der Waals surface area contributed by atoms with E-state index in [1.807, 2.05) is 6.92 Å². The van der Waals surface area contributed by atoms with Crippen LogP contribution >= 0.6 is 0 Å². The maximum absolute atomic E-state index is 12.2. The monoisotopic (exact) mass is 263 g/mol. The lowest BCUT2D eigenvalue weighted by Crippen LogP contribution is -2.37. The van der Waals surface area contributed by atoms with Gasteiger partial charge in [-0.3, -0.25) is 4.79 Å². The predicted molar refractivity (Wildman–Crippen MR) is 79.4 cm³/mol. The largest absolute Gasteiger partial charge is 0.370 e. The predicted octanol–water partition coefficient (Wildman–Crippen LogP) is 2.93. The molecule has 0 aliphatic heterocycles. The van der Waals surface area contributed by atoms with E-state index in [1.54, 1.807) is 18.3 Å². The molecule has 19 heavy (non-hydrogen) atoms. The zero-order chi connectivity index (χ0) is 14.5. The van der Waals surface area contributed by atoms with Gasteiger partial charge in [0, 0.05) is 19.3 Å². The summed E-state index contributed by atoms with van der Waals surface area (Å²) in [6, 6.07) is 3.58. The molecule has 2 N–H and O–H groups in total. The van der Waals surface area contributed by atoms with Crippen LogP contribution in [0.5, 0.6) is 0 Å². The van der Waals surface area contributed by atoms with Gasteiger partial charge in [-0.1, -0.05) is 27.7 Å². The molecular formula is C15H25N3O. The fourth-order valence-electron chi connectivity index (χ4n) is 1.50. The van der Waals surface area contributed by atoms with Gasteiger partial charge in [-0.05, 0) is 30.4 Å². The molecule has 0 aliphatic carbocycles. The van der Waals surface area contributed by atoms with Crippen LogP contribution in [0.3, 0.4) is 0 Å². The molecular weight excluding hydrogens is 238 g/mol. The van der Waals surface area contributed by atoms with Gasteiger partial charge in [0.1, 0.15) is 5.82 Å². The summed E-state index contributed by atoms with van der Waals surface area (Å²) < 4.78 is 0. The Bertz CT molecular complexity index is 427. The number of carbonyl (C=O) groups excluding carboxylic acids is 1. The molecule has 1 amide bonds. The van der Waals surface area contributed by atoms with Gasteiger partial charge in [-0.25, -0.2) is 4.98 Å². The Morgan fingerprint density at radius 2 is 2.11 bits per heavy atom. The number of amides is 1. The molecule has 1 heterocycles. The number of hydrogen-bond acceptors (Lipinski definition) is 3. The summed E-state index contributed by atoms with van der Waals surface area (Å²) in [4.78, 5) is 16.4. The minimum atomic E-state index is -0.0715. The average Bonchev–Trinajstić information content (AvgIpc) is 2.37. The summed E-state index contributed by atoms with van der Waals surface area (Å²) in [5.74, 6) is 1.08. The molecule has 4 nitrogen and oxygen atoms in total. The molecule has 0 aliphatic rings. The number of rotatable bonds is 6. The van der Waals surface area contributed by atoms with Crippen molar-refractivity contribution in [3.63, 3.8) is 0 Å². The molecule has 0 spiro atoms. The van der Waals surface area contributed by atoms with Crippen molar-refractivity contribution in [1.29, 1.82) is 0 Å². The van der Waals surface area contributed by atoms with E-state index < -0.39 is 0 Å². The van der Waals surface area contributed by atoms with Gasteiger partial charge in [0.2, 0.25) is 0 Å². The number of anilines is 1. The second-order valence-corrected chi connectivity index (χ2v) is 5.76. The summed E-state index contributed by atoms with van der Waals surface area (Å²) in [5.41, 5.74) is 0.680. The minimum absolute atomic E-state index is 0.0715. The van der Waals surface area contributed by atoms with E-state index in [0.29, 0.717) is 23.8 Å². The van der Waals surface area contributed by atoms with Crippen molar-refractivity contribution in [2.75, 3.05) is 18.4 Å². The maximum atomic E-state index is 12.2. The van der Waals surface area contributed by atoms with Crippen LogP contribution in [0, 0.1) is 11.3 Å². The molecule has 106 valence electrons. The third-order valence-corrected chi connectivity index (χ3v) is 3.66. The first-order valence-corrected chi connectivity index (χ1v) is 6.85. The molecule has 1 aromatic heterocycles. The molecule has 0 atom stereocenters. The normalized spacial score (nSPS) is 11.5. The highest BCUT2D eigenvalue weighted by Gasteiger charge is 2.23. The van der Waals surface area contributed by atoms with Crippen LogP contribution in [0.25, 0.3) is 0 Å². The number of nitrogens with one attached hydrogen (secondary N) is 2. The number of hydrogen-bond donors (Lipinski definition) is 2. The van der Waals surface area contributed by atoms with Gasteiger partial charge in [0.05, 0.1) is 5.56 Å². The fraction of sp³-hybridized carbons (Fsp3) is 0.600. The highest BCUT2D eigenvalue weighted by atomic mass is 16.1. The van der Waals surface area contributed by atoms with Crippen LogP contribution in [0.2, 0.25) is 0 Å². The summed E-state index contributed by atoms with van der Waals surface area (Å²) in [7, 11) is 0. The van der Waals surface area contributed by atoms with Gasteiger partial charge in [-0.15, -0.1) is 0 Å². The second kappa shape index (κ2) is 6.55. The van der Waals surface area contributed by atoms with Crippen LogP contribution in [-0.2, 0) is 0 Å². The fourth-order valence-corrected chi connectivity index (χ4v) is 1.50. The van der Waals surface area contributed by atoms with Crippen molar-refractivity contribution in [2.24, 2.45) is 11.3 Å². The Morgan fingerprint density at radius 1 is 1.42 bits per heavy atom. The Balaban J connectivity index is 2.74. The SMILES string of the molecule is CCNc1ncccc1C(=O)NCC(C)(C)C(C)C. The third-order valence-electron chi connectivity index (χ3n) is 3.66. The smallest absolute Gasteiger partial charge is 0.255 e. The van der Waals surface area contributed by atoms with Gasteiger partial charge >= 0.3 is 0 Å². The number of aromatic nitrogens is 1. The van der Waals surface area contributed by atoms with Crippen molar-refractivity contribution in [3.8, 4) is 0 Å². The minimum Gasteiger partial charge on any atom is -0.370 e. The van der Waals surface area contributed by atoms with E-state index in [-0.39, 0.29) is 11.3 Å². The molecule has 0 saturated heterocycles. The van der Waals surface area contributed by atoms with Gasteiger partial charge < -0.3 is 10.6 Å². The zero-order valence-electron chi connectivity index (χ0n) is 12.6. The van der Waals surface area contributed by atoms with E-state index in [9.17, 15) is 4.79 Å². The molecule has 0 aromatic carbocycles. The zero-order valence-corrected chi connectivity index (χ0v) is 12.6. The summed E-state index contributed by atoms with van der Waals surface area (Å²) in [6.45, 7) is 12.0. The lowest BCUT2D eigenvalue weighted by molar-refractivity contribution is 0.0925. The van der Waals surface area contributed by atoms with Crippen LogP contribution in [0.4, 0.5) is 5.82 Å². The van der Waals surface area contributed by atoms with E-state index in [4.69, 9.17) is 0 Å². The first-order valence-electron chi connectivity index (χ1n) is 6.85. The molecule has 1 rings (SSSR count). The Morgan fingerprint density at radius 3 is 2.68 bits per heavy atom. The summed E-state index contributed by atoms with van der Waals surface area (Å²) in [6.07, 6.45) is 1.69. The topological polar surface area (TPSA) is 54.0 Å². The van der Waals surface area contributed by atoms with Gasteiger partial charge in [-0.2, -0.15) is 0 Å². The molecule has 0 radical (unpaired) electrons. The second-order valence-electron chi connectivity index (χ2n) is 5.76.